The molecule has 0 fully saturated rings. The first-order chi connectivity index (χ1) is 29.2. The summed E-state index contributed by atoms with van der Waals surface area (Å²) in [5, 5.41) is 14.5. The average molecular weight is 1080 g/mol. The second-order valence-electron chi connectivity index (χ2n) is 12.1. The van der Waals surface area contributed by atoms with Gasteiger partial charge in [0, 0.05) is 15.0 Å². The highest BCUT2D eigenvalue weighted by molar-refractivity contribution is 9.11. The van der Waals surface area contributed by atoms with Crippen LogP contribution in [0.3, 0.4) is 0 Å². The molecule has 4 N–H and O–H groups in total. The number of benzene rings is 4. The number of nitrogens with one attached hydrogen (secondary N) is 2. The lowest BCUT2D eigenvalue weighted by molar-refractivity contribution is -0.387. The van der Waals surface area contributed by atoms with Gasteiger partial charge >= 0.3 is 43.6 Å². The number of nitrogens with zero attached hydrogens (tertiary/aromatic N) is 1. The number of carbonyl (C=O) groups is 2. The minimum absolute atomic E-state index is 0.0119. The van der Waals surface area contributed by atoms with Crippen molar-refractivity contribution >= 4 is 66.4 Å². The molecule has 0 radical (unpaired) electrons. The molecule has 0 aliphatic heterocycles. The van der Waals surface area contributed by atoms with E-state index in [2.05, 4.69) is 41.3 Å². The summed E-state index contributed by atoms with van der Waals surface area (Å²) in [6, 6.07) is 6.25. The molecule has 30 heteroatoms. The summed E-state index contributed by atoms with van der Waals surface area (Å²) in [7, 11) is 0. The number of hydrogen-bond acceptors (Lipinski definition) is 7. The Bertz CT molecular complexity index is 2350. The fourth-order valence-corrected chi connectivity index (χ4v) is 6.32. The summed E-state index contributed by atoms with van der Waals surface area (Å²) in [6.45, 7) is -7.41. The summed E-state index contributed by atoms with van der Waals surface area (Å²) in [4.78, 5) is 34.2. The number of amides is 2. The van der Waals surface area contributed by atoms with Crippen LogP contribution in [-0.4, -0.2) is 54.7 Å². The highest BCUT2D eigenvalue weighted by atomic mass is 79.9. The number of rotatable bonds is 11. The van der Waals surface area contributed by atoms with Gasteiger partial charge in [0.1, 0.15) is 0 Å². The van der Waals surface area contributed by atoms with E-state index in [4.69, 9.17) is 5.73 Å². The molecule has 2 amide bonds. The molecule has 0 saturated carbocycles. The Kier molecular flexibility index (Phi) is 16.5. The summed E-state index contributed by atoms with van der Waals surface area (Å²) < 4.78 is 242. The first-order valence-corrected chi connectivity index (χ1v) is 17.7. The largest absolute Gasteiger partial charge is 0.433 e. The minimum Gasteiger partial charge on any atom is -0.433 e. The fourth-order valence-electron chi connectivity index (χ4n) is 5.21. The van der Waals surface area contributed by atoms with E-state index in [1.165, 1.54) is 6.07 Å². The monoisotopic (exact) mass is 1080 g/mol. The Hall–Kier alpha value is -5.68. The quantitative estimate of drug-likeness (QED) is 0.0587. The van der Waals surface area contributed by atoms with Crippen LogP contribution in [0.25, 0.3) is 0 Å². The van der Waals surface area contributed by atoms with Crippen LogP contribution in [-0.2, 0) is 0 Å². The number of alkyl halides is 16. The Labute approximate surface area is 360 Å². The van der Waals surface area contributed by atoms with E-state index in [-0.39, 0.29) is 18.2 Å². The molecule has 4 rings (SSSR count). The van der Waals surface area contributed by atoms with E-state index < -0.39 is 144 Å². The number of carbonyl (C=O) groups excluding carboxylic acids is 2. The van der Waals surface area contributed by atoms with Crippen LogP contribution in [0.2, 0.25) is 0 Å². The van der Waals surface area contributed by atoms with Crippen LogP contribution in [0.1, 0.15) is 43.7 Å². The minimum atomic E-state index is -5.86. The predicted molar refractivity (Wildman–Crippen MR) is 191 cm³/mol. The van der Waals surface area contributed by atoms with Crippen LogP contribution in [0, 0.1) is 21.7 Å². The zero-order valence-electron chi connectivity index (χ0n) is 30.1. The summed E-state index contributed by atoms with van der Waals surface area (Å²) in [5.41, 5.74) is -2.53. The van der Waals surface area contributed by atoms with E-state index >= 15 is 0 Å². The molecule has 0 aliphatic rings. The third-order valence-corrected chi connectivity index (χ3v) is 8.98. The van der Waals surface area contributed by atoms with E-state index in [1.54, 1.807) is 5.32 Å². The summed E-state index contributed by atoms with van der Waals surface area (Å²) in [6.07, 6.45) is -23.3. The lowest BCUT2D eigenvalue weighted by Gasteiger charge is -2.25. The smallest absolute Gasteiger partial charge is 0.404 e. The van der Waals surface area contributed by atoms with Gasteiger partial charge in [0.05, 0.1) is 33.1 Å². The molecule has 10 nitrogen and oxygen atoms in total. The maximum absolute atomic E-state index is 14.2. The number of hydrogen-bond donors (Lipinski definition) is 3. The van der Waals surface area contributed by atoms with Crippen molar-refractivity contribution in [2.24, 2.45) is 0 Å². The molecule has 0 bridgehead atoms. The molecule has 0 unspecified atom stereocenters. The first kappa shape index (κ1) is 52.7. The van der Waals surface area contributed by atoms with Gasteiger partial charge in [-0.3, -0.25) is 19.7 Å². The van der Waals surface area contributed by atoms with Crippen LogP contribution < -0.4 is 25.8 Å². The molecular formula is C34H18Br2F18N4O6. The molecule has 0 aromatic heterocycles. The van der Waals surface area contributed by atoms with Gasteiger partial charge < -0.3 is 25.8 Å². The lowest BCUT2D eigenvalue weighted by atomic mass is 9.97. The second kappa shape index (κ2) is 20.0. The van der Waals surface area contributed by atoms with Crippen molar-refractivity contribution in [3.05, 3.63) is 114 Å². The van der Waals surface area contributed by atoms with E-state index in [0.717, 1.165) is 24.3 Å². The van der Waals surface area contributed by atoms with Crippen LogP contribution >= 0.6 is 31.9 Å². The molecule has 350 valence electrons. The van der Waals surface area contributed by atoms with Crippen molar-refractivity contribution in [1.82, 2.24) is 0 Å². The maximum atomic E-state index is 14.2. The van der Waals surface area contributed by atoms with Crippen LogP contribution in [0.15, 0.2) is 69.6 Å². The van der Waals surface area contributed by atoms with Crippen molar-refractivity contribution < 1.29 is 103 Å². The fraction of sp³-hybridized carbons (Fsp3) is 0.235. The number of ether oxygens (including phenoxy) is 2. The Morgan fingerprint density at radius 2 is 0.953 bits per heavy atom. The van der Waals surface area contributed by atoms with Crippen LogP contribution in [0.4, 0.5) is 102 Å². The van der Waals surface area contributed by atoms with Gasteiger partial charge in [-0.05, 0) is 85.5 Å². The van der Waals surface area contributed by atoms with Gasteiger partial charge in [0.2, 0.25) is 5.82 Å². The third kappa shape index (κ3) is 13.2. The Morgan fingerprint density at radius 3 is 1.28 bits per heavy atom. The number of nitro benzene ring substituents is 1. The number of halogens is 20. The SMILES string of the molecule is Nc1cccc(C(=O)Nc2c(Br)cc(C(C(F)(F)F)C(F)(F)F)cc2OC(F)F)c1F.O=C(Nc1c(Br)cc(C(C(F)(F)F)C(F)(F)F)cc1OC(F)F)c1cccc([N+](=O)[O-])c1F. The summed E-state index contributed by atoms with van der Waals surface area (Å²) in [5.74, 6) is -16.2. The van der Waals surface area contributed by atoms with Crippen molar-refractivity contribution in [3.63, 3.8) is 0 Å². The molecule has 0 aliphatic carbocycles. The summed E-state index contributed by atoms with van der Waals surface area (Å²) >= 11 is 5.20. The maximum Gasteiger partial charge on any atom is 0.404 e. The highest BCUT2D eigenvalue weighted by Gasteiger charge is 2.59. The topological polar surface area (TPSA) is 146 Å². The molecule has 0 atom stereocenters. The zero-order chi connectivity index (χ0) is 49.0. The Morgan fingerprint density at radius 1 is 0.609 bits per heavy atom. The third-order valence-electron chi connectivity index (χ3n) is 7.73. The van der Waals surface area contributed by atoms with Crippen molar-refractivity contribution in [2.45, 2.75) is 49.8 Å². The molecule has 64 heavy (non-hydrogen) atoms. The zero-order valence-corrected chi connectivity index (χ0v) is 33.3. The van der Waals surface area contributed by atoms with Gasteiger partial charge in [0.15, 0.2) is 29.2 Å². The average Bonchev–Trinajstić information content (AvgIpc) is 3.09. The van der Waals surface area contributed by atoms with Crippen LogP contribution in [0.5, 0.6) is 11.5 Å². The molecule has 0 heterocycles. The van der Waals surface area contributed by atoms with E-state index in [0.29, 0.717) is 12.1 Å². The molecule has 0 saturated heterocycles. The Balaban J connectivity index is 0.000000341. The lowest BCUT2D eigenvalue weighted by Crippen LogP contribution is -2.34. The molecule has 4 aromatic rings. The van der Waals surface area contributed by atoms with Gasteiger partial charge in [-0.2, -0.15) is 74.6 Å². The van der Waals surface area contributed by atoms with Gasteiger partial charge in [0.25, 0.3) is 11.8 Å². The van der Waals surface area contributed by atoms with Gasteiger partial charge in [-0.1, -0.05) is 12.1 Å². The van der Waals surface area contributed by atoms with E-state index in [9.17, 15) is 98.7 Å². The molecule has 0 spiro atoms. The van der Waals surface area contributed by atoms with Crippen molar-refractivity contribution in [3.8, 4) is 11.5 Å². The molecule has 4 aromatic carbocycles. The number of nitrogen functional groups attached to an aromatic ring is 1. The van der Waals surface area contributed by atoms with E-state index in [1.807, 2.05) is 5.32 Å². The highest BCUT2D eigenvalue weighted by Crippen LogP contribution is 2.51. The number of nitrogens with two attached hydrogens (primary N) is 1. The second-order valence-corrected chi connectivity index (χ2v) is 13.8. The van der Waals surface area contributed by atoms with Gasteiger partial charge in [-0.25, -0.2) is 4.39 Å². The normalized spacial score (nSPS) is 12.3. The number of anilines is 3. The van der Waals surface area contributed by atoms with Gasteiger partial charge in [-0.15, -0.1) is 0 Å². The van der Waals surface area contributed by atoms with Crippen molar-refractivity contribution in [2.75, 3.05) is 16.4 Å². The molecular weight excluding hydrogens is 1060 g/mol. The van der Waals surface area contributed by atoms with Crippen molar-refractivity contribution in [1.29, 1.82) is 0 Å². The predicted octanol–water partition coefficient (Wildman–Crippen LogP) is 12.8. The first-order valence-electron chi connectivity index (χ1n) is 16.1. The number of nitro groups is 1. The standard InChI is InChI=1S/C17H8BrF9N2O4.C17H10BrF9N2O2/c18-8-4-6(13(16(22,23)24)17(25,26)27)5-10(33-15(20)21)12(8)28-14(30)7-2-1-3-9(11(7)19)29(31)32;18-8-4-6(13(16(22,23)24)17(25,26)27)5-10(31-15(20)21)12(8)29-14(30)7-2-1-3-9(28)11(7)19/h1-5,13,15H,(H,28,30);1-5,13,15H,28H2,(H,29,30).